The molecule has 0 spiro atoms. The van der Waals surface area contributed by atoms with Gasteiger partial charge in [0.2, 0.25) is 0 Å². The number of halogens is 1. The lowest BCUT2D eigenvalue weighted by Gasteiger charge is -2.22. The zero-order chi connectivity index (χ0) is 10.7. The summed E-state index contributed by atoms with van der Waals surface area (Å²) in [6.45, 7) is 2.23. The summed E-state index contributed by atoms with van der Waals surface area (Å²) in [4.78, 5) is 0. The van der Waals surface area contributed by atoms with Crippen molar-refractivity contribution in [2.45, 2.75) is 13.0 Å². The maximum Gasteiger partial charge on any atom is 0.0507 e. The van der Waals surface area contributed by atoms with E-state index in [9.17, 15) is 0 Å². The van der Waals surface area contributed by atoms with Crippen molar-refractivity contribution in [3.63, 3.8) is 0 Å². The highest BCUT2D eigenvalue weighted by Gasteiger charge is 2.12. The van der Waals surface area contributed by atoms with Crippen molar-refractivity contribution in [2.75, 3.05) is 5.32 Å². The monoisotopic (exact) mass is 311 g/mol. The third kappa shape index (κ3) is 2.84. The number of benzene rings is 1. The Hall–Kier alpha value is -0.770. The molecule has 1 aromatic carbocycles. The first kappa shape index (κ1) is 10.7. The number of rotatable bonds is 2. The fourth-order valence-electron chi connectivity index (χ4n) is 1.64. The van der Waals surface area contributed by atoms with Gasteiger partial charge in [-0.05, 0) is 52.8 Å². The molecule has 1 nitrogen and oxygen atoms in total. The van der Waals surface area contributed by atoms with E-state index in [1.807, 2.05) is 0 Å². The highest BCUT2D eigenvalue weighted by atomic mass is 127. The van der Waals surface area contributed by atoms with Crippen LogP contribution in [-0.2, 0) is 0 Å². The Morgan fingerprint density at radius 2 is 1.73 bits per heavy atom. The van der Waals surface area contributed by atoms with Gasteiger partial charge in [-0.2, -0.15) is 0 Å². The average Bonchev–Trinajstić information content (AvgIpc) is 2.25. The summed E-state index contributed by atoms with van der Waals surface area (Å²) in [6.07, 6.45) is 8.65. The number of hydrogen-bond donors (Lipinski definition) is 1. The Balaban J connectivity index is 2.05. The zero-order valence-corrected chi connectivity index (χ0v) is 10.8. The van der Waals surface area contributed by atoms with Crippen LogP contribution in [0.1, 0.15) is 6.92 Å². The van der Waals surface area contributed by atoms with Crippen molar-refractivity contribution in [1.29, 1.82) is 0 Å². The van der Waals surface area contributed by atoms with E-state index in [2.05, 4.69) is 83.4 Å². The van der Waals surface area contributed by atoms with Gasteiger partial charge in [-0.1, -0.05) is 31.2 Å². The van der Waals surface area contributed by atoms with E-state index < -0.39 is 0 Å². The molecule has 0 saturated carbocycles. The van der Waals surface area contributed by atoms with Gasteiger partial charge in [0.15, 0.2) is 0 Å². The fraction of sp³-hybridized carbons (Fsp3) is 0.231. The molecule has 2 rings (SSSR count). The summed E-state index contributed by atoms with van der Waals surface area (Å²) in [7, 11) is 0. The molecule has 0 heterocycles. The van der Waals surface area contributed by atoms with Crippen LogP contribution in [0.2, 0.25) is 0 Å². The molecule has 1 aromatic rings. The molecule has 0 fully saturated rings. The first-order valence-electron chi connectivity index (χ1n) is 5.13. The van der Waals surface area contributed by atoms with E-state index in [4.69, 9.17) is 0 Å². The van der Waals surface area contributed by atoms with Gasteiger partial charge in [-0.15, -0.1) is 0 Å². The zero-order valence-electron chi connectivity index (χ0n) is 8.65. The minimum atomic E-state index is 0.412. The van der Waals surface area contributed by atoms with Crippen molar-refractivity contribution < 1.29 is 0 Å². The van der Waals surface area contributed by atoms with Gasteiger partial charge in [0.1, 0.15) is 0 Å². The molecule has 2 heteroatoms. The molecule has 0 bridgehead atoms. The molecule has 0 aliphatic heterocycles. The SMILES string of the molecule is CC1C=CC=CC1Nc1ccc(I)cc1. The maximum absolute atomic E-state index is 3.52. The summed E-state index contributed by atoms with van der Waals surface area (Å²) in [6, 6.07) is 8.91. The number of anilines is 1. The molecule has 1 N–H and O–H groups in total. The van der Waals surface area contributed by atoms with Crippen LogP contribution >= 0.6 is 22.6 Å². The van der Waals surface area contributed by atoms with Crippen LogP contribution in [-0.4, -0.2) is 6.04 Å². The highest BCUT2D eigenvalue weighted by Crippen LogP contribution is 2.18. The Kier molecular flexibility index (Phi) is 3.46. The molecule has 0 aromatic heterocycles. The van der Waals surface area contributed by atoms with Crippen molar-refractivity contribution in [1.82, 2.24) is 0 Å². The quantitative estimate of drug-likeness (QED) is 0.819. The maximum atomic E-state index is 3.52. The van der Waals surface area contributed by atoms with E-state index in [0.717, 1.165) is 0 Å². The van der Waals surface area contributed by atoms with Gasteiger partial charge in [-0.3, -0.25) is 0 Å². The molecule has 0 saturated heterocycles. The summed E-state index contributed by atoms with van der Waals surface area (Å²) < 4.78 is 1.27. The summed E-state index contributed by atoms with van der Waals surface area (Å²) >= 11 is 2.32. The van der Waals surface area contributed by atoms with Crippen LogP contribution in [0.25, 0.3) is 0 Å². The first-order valence-corrected chi connectivity index (χ1v) is 6.21. The van der Waals surface area contributed by atoms with Crippen LogP contribution in [0.4, 0.5) is 5.69 Å². The third-order valence-corrected chi connectivity index (χ3v) is 3.31. The number of nitrogens with one attached hydrogen (secondary N) is 1. The van der Waals surface area contributed by atoms with Crippen LogP contribution in [0.3, 0.4) is 0 Å². The van der Waals surface area contributed by atoms with Gasteiger partial charge in [0.25, 0.3) is 0 Å². The Labute approximate surface area is 104 Å². The van der Waals surface area contributed by atoms with E-state index in [1.165, 1.54) is 9.26 Å². The van der Waals surface area contributed by atoms with Gasteiger partial charge in [0.05, 0.1) is 6.04 Å². The molecule has 78 valence electrons. The van der Waals surface area contributed by atoms with E-state index in [0.29, 0.717) is 12.0 Å². The lowest BCUT2D eigenvalue weighted by Crippen LogP contribution is -2.25. The summed E-state index contributed by atoms with van der Waals surface area (Å²) in [5, 5.41) is 3.52. The van der Waals surface area contributed by atoms with E-state index in [-0.39, 0.29) is 0 Å². The van der Waals surface area contributed by atoms with Gasteiger partial charge < -0.3 is 5.32 Å². The molecule has 2 unspecified atom stereocenters. The second kappa shape index (κ2) is 4.84. The molecular weight excluding hydrogens is 297 g/mol. The first-order chi connectivity index (χ1) is 7.25. The van der Waals surface area contributed by atoms with Crippen molar-refractivity contribution >= 4 is 28.3 Å². The van der Waals surface area contributed by atoms with Gasteiger partial charge >= 0.3 is 0 Å². The van der Waals surface area contributed by atoms with Crippen LogP contribution in [0, 0.1) is 9.49 Å². The molecular formula is C13H14IN. The molecule has 0 radical (unpaired) electrons. The van der Waals surface area contributed by atoms with Crippen LogP contribution in [0.15, 0.2) is 48.6 Å². The largest absolute Gasteiger partial charge is 0.378 e. The average molecular weight is 311 g/mol. The fourth-order valence-corrected chi connectivity index (χ4v) is 2.00. The lowest BCUT2D eigenvalue weighted by atomic mass is 9.97. The van der Waals surface area contributed by atoms with E-state index in [1.54, 1.807) is 0 Å². The predicted molar refractivity (Wildman–Crippen MR) is 74.0 cm³/mol. The minimum absolute atomic E-state index is 0.412. The molecule has 1 aliphatic carbocycles. The number of allylic oxidation sites excluding steroid dienone is 2. The number of hydrogen-bond acceptors (Lipinski definition) is 1. The normalized spacial score (nSPS) is 24.1. The molecule has 1 aliphatic rings. The van der Waals surface area contributed by atoms with E-state index >= 15 is 0 Å². The third-order valence-electron chi connectivity index (χ3n) is 2.59. The highest BCUT2D eigenvalue weighted by molar-refractivity contribution is 14.1. The minimum Gasteiger partial charge on any atom is -0.378 e. The van der Waals surface area contributed by atoms with Crippen molar-refractivity contribution in [3.8, 4) is 0 Å². The van der Waals surface area contributed by atoms with Crippen LogP contribution < -0.4 is 5.32 Å². The van der Waals surface area contributed by atoms with Gasteiger partial charge in [0, 0.05) is 9.26 Å². The smallest absolute Gasteiger partial charge is 0.0507 e. The second-order valence-electron chi connectivity index (χ2n) is 3.81. The molecule has 0 amide bonds. The second-order valence-corrected chi connectivity index (χ2v) is 5.05. The Morgan fingerprint density at radius 3 is 2.40 bits per heavy atom. The molecule has 2 atom stereocenters. The van der Waals surface area contributed by atoms with Crippen molar-refractivity contribution in [3.05, 3.63) is 52.1 Å². The standard InChI is InChI=1S/C13H14IN/c1-10-4-2-3-5-13(10)15-12-8-6-11(14)7-9-12/h2-10,13,15H,1H3. The summed E-state index contributed by atoms with van der Waals surface area (Å²) in [5.41, 5.74) is 1.19. The molecule has 15 heavy (non-hydrogen) atoms. The Morgan fingerprint density at radius 1 is 1.07 bits per heavy atom. The van der Waals surface area contributed by atoms with Gasteiger partial charge in [-0.25, -0.2) is 0 Å². The van der Waals surface area contributed by atoms with Crippen LogP contribution in [0.5, 0.6) is 0 Å². The topological polar surface area (TPSA) is 12.0 Å². The predicted octanol–water partition coefficient (Wildman–Crippen LogP) is 3.83. The Bertz CT molecular complexity index is 378. The lowest BCUT2D eigenvalue weighted by molar-refractivity contribution is 0.660. The van der Waals surface area contributed by atoms with Crippen molar-refractivity contribution in [2.24, 2.45) is 5.92 Å². The summed E-state index contributed by atoms with van der Waals surface area (Å²) in [5.74, 6) is 0.550.